The minimum atomic E-state index is -5.13. The van der Waals surface area contributed by atoms with Crippen molar-refractivity contribution >= 4 is 0 Å². The molecule has 0 saturated carbocycles. The third-order valence-electron chi connectivity index (χ3n) is 3.30. The molecule has 1 aliphatic carbocycles. The van der Waals surface area contributed by atoms with Gasteiger partial charge < -0.3 is 5.11 Å². The van der Waals surface area contributed by atoms with E-state index in [1.807, 2.05) is 0 Å². The SMILES string of the molecule is O[C@H]1c2c(C(F)(F)F)nn(CCOC(F)(F)F)c2CCC1(F)F. The molecule has 1 N–H and O–H groups in total. The first-order valence-corrected chi connectivity index (χ1v) is 6.26. The van der Waals surface area contributed by atoms with Gasteiger partial charge in [-0.05, 0) is 6.42 Å². The number of halogens is 8. The molecule has 0 spiro atoms. The maximum atomic E-state index is 13.4. The molecule has 23 heavy (non-hydrogen) atoms. The number of hydrogen-bond acceptors (Lipinski definition) is 3. The molecular formula is C11H10F8N2O2. The molecule has 1 aromatic rings. The number of aromatic nitrogens is 2. The summed E-state index contributed by atoms with van der Waals surface area (Å²) in [6.07, 6.45) is -14.3. The predicted octanol–water partition coefficient (Wildman–Crippen LogP) is 3.05. The van der Waals surface area contributed by atoms with E-state index >= 15 is 0 Å². The third-order valence-corrected chi connectivity index (χ3v) is 3.30. The standard InChI is InChI=1S/C11H10F8N2O2/c12-9(13)2-1-5-6(8(9)22)7(10(14,15)16)20-21(5)3-4-23-11(17,18)19/h8,22H,1-4H2/t8-/m0/s1. The first-order chi connectivity index (χ1) is 10.3. The van der Waals surface area contributed by atoms with E-state index in [1.54, 1.807) is 0 Å². The second-order valence-electron chi connectivity index (χ2n) is 4.89. The maximum Gasteiger partial charge on any atom is 0.522 e. The van der Waals surface area contributed by atoms with Gasteiger partial charge in [-0.2, -0.15) is 18.3 Å². The lowest BCUT2D eigenvalue weighted by molar-refractivity contribution is -0.325. The van der Waals surface area contributed by atoms with Gasteiger partial charge in [0, 0.05) is 17.7 Å². The first kappa shape index (κ1) is 17.9. The van der Waals surface area contributed by atoms with E-state index in [9.17, 15) is 40.2 Å². The van der Waals surface area contributed by atoms with Crippen molar-refractivity contribution in [2.75, 3.05) is 6.61 Å². The molecule has 0 saturated heterocycles. The topological polar surface area (TPSA) is 47.3 Å². The number of rotatable bonds is 3. The van der Waals surface area contributed by atoms with Crippen LogP contribution in [-0.2, 0) is 23.9 Å². The van der Waals surface area contributed by atoms with E-state index in [-0.39, 0.29) is 5.69 Å². The van der Waals surface area contributed by atoms with Gasteiger partial charge in [0.05, 0.1) is 13.2 Å². The van der Waals surface area contributed by atoms with Gasteiger partial charge in [-0.25, -0.2) is 8.78 Å². The van der Waals surface area contributed by atoms with Gasteiger partial charge in [-0.3, -0.25) is 9.42 Å². The van der Waals surface area contributed by atoms with Crippen molar-refractivity contribution in [2.45, 2.75) is 44.0 Å². The van der Waals surface area contributed by atoms with Gasteiger partial charge in [0.25, 0.3) is 5.92 Å². The number of hydrogen-bond donors (Lipinski definition) is 1. The second kappa shape index (κ2) is 5.58. The van der Waals surface area contributed by atoms with Crippen molar-refractivity contribution in [1.82, 2.24) is 9.78 Å². The summed E-state index contributed by atoms with van der Waals surface area (Å²) in [5, 5.41) is 12.5. The maximum absolute atomic E-state index is 13.4. The Morgan fingerprint density at radius 2 is 1.83 bits per heavy atom. The molecule has 1 heterocycles. The molecule has 1 aromatic heterocycles. The van der Waals surface area contributed by atoms with Crippen LogP contribution >= 0.6 is 0 Å². The normalized spacial score (nSPS) is 21.3. The van der Waals surface area contributed by atoms with Gasteiger partial charge in [-0.15, -0.1) is 13.2 Å². The van der Waals surface area contributed by atoms with Crippen molar-refractivity contribution in [2.24, 2.45) is 0 Å². The summed E-state index contributed by atoms with van der Waals surface area (Å²) in [5.41, 5.74) is -3.20. The largest absolute Gasteiger partial charge is 0.522 e. The van der Waals surface area contributed by atoms with Crippen molar-refractivity contribution in [3.8, 4) is 0 Å². The molecule has 0 radical (unpaired) electrons. The van der Waals surface area contributed by atoms with Crippen LogP contribution in [-0.4, -0.2) is 33.8 Å². The quantitative estimate of drug-likeness (QED) is 0.849. The summed E-state index contributed by atoms with van der Waals surface area (Å²) in [4.78, 5) is 0. The number of nitrogens with zero attached hydrogens (tertiary/aromatic N) is 2. The lowest BCUT2D eigenvalue weighted by Crippen LogP contribution is -2.33. The van der Waals surface area contributed by atoms with Crippen molar-refractivity contribution < 1.29 is 45.0 Å². The van der Waals surface area contributed by atoms with Gasteiger partial charge >= 0.3 is 12.5 Å². The first-order valence-electron chi connectivity index (χ1n) is 6.26. The number of aliphatic hydroxyl groups excluding tert-OH is 1. The van der Waals surface area contributed by atoms with Crippen LogP contribution in [0.15, 0.2) is 0 Å². The molecule has 0 bridgehead atoms. The van der Waals surface area contributed by atoms with Crippen LogP contribution in [0.5, 0.6) is 0 Å². The Balaban J connectivity index is 2.36. The Hall–Kier alpha value is -1.43. The summed E-state index contributed by atoms with van der Waals surface area (Å²) in [5.74, 6) is -3.77. The molecule has 0 fully saturated rings. The zero-order valence-corrected chi connectivity index (χ0v) is 11.2. The fourth-order valence-electron chi connectivity index (χ4n) is 2.34. The minimum absolute atomic E-state index is 0.374. The van der Waals surface area contributed by atoms with Gasteiger partial charge in [0.15, 0.2) is 5.69 Å². The van der Waals surface area contributed by atoms with E-state index in [1.165, 1.54) is 0 Å². The molecule has 12 heteroatoms. The van der Waals surface area contributed by atoms with E-state index in [2.05, 4.69) is 9.84 Å². The number of aliphatic hydroxyl groups is 1. The van der Waals surface area contributed by atoms with Crippen LogP contribution in [0.25, 0.3) is 0 Å². The molecule has 0 amide bonds. The Morgan fingerprint density at radius 3 is 2.35 bits per heavy atom. The summed E-state index contributed by atoms with van der Waals surface area (Å²) >= 11 is 0. The highest BCUT2D eigenvalue weighted by Gasteiger charge is 2.51. The molecular weight excluding hydrogens is 344 g/mol. The van der Waals surface area contributed by atoms with E-state index in [0.29, 0.717) is 4.68 Å². The Morgan fingerprint density at radius 1 is 1.22 bits per heavy atom. The summed E-state index contributed by atoms with van der Waals surface area (Å²) < 4.78 is 105. The molecule has 132 valence electrons. The van der Waals surface area contributed by atoms with Crippen LogP contribution in [0.4, 0.5) is 35.1 Å². The lowest BCUT2D eigenvalue weighted by atomic mass is 9.89. The number of fused-ring (bicyclic) bond motifs is 1. The molecule has 2 rings (SSSR count). The number of alkyl halides is 8. The van der Waals surface area contributed by atoms with Crippen LogP contribution in [0, 0.1) is 0 Å². The molecule has 4 nitrogen and oxygen atoms in total. The fraction of sp³-hybridized carbons (Fsp3) is 0.727. The minimum Gasteiger partial charge on any atom is -0.382 e. The summed E-state index contributed by atoms with van der Waals surface area (Å²) in [6.45, 7) is -1.77. The average molecular weight is 354 g/mol. The predicted molar refractivity (Wildman–Crippen MR) is 57.5 cm³/mol. The van der Waals surface area contributed by atoms with Gasteiger partial charge in [0.1, 0.15) is 6.10 Å². The van der Waals surface area contributed by atoms with Crippen LogP contribution in [0.2, 0.25) is 0 Å². The molecule has 1 atom stereocenters. The van der Waals surface area contributed by atoms with Crippen molar-refractivity contribution in [3.63, 3.8) is 0 Å². The second-order valence-corrected chi connectivity index (χ2v) is 4.89. The van der Waals surface area contributed by atoms with E-state index in [4.69, 9.17) is 0 Å². The molecule has 0 unspecified atom stereocenters. The highest BCUT2D eigenvalue weighted by Crippen LogP contribution is 2.46. The zero-order chi connectivity index (χ0) is 17.6. The van der Waals surface area contributed by atoms with Crippen LogP contribution in [0.1, 0.15) is 29.5 Å². The Labute approximate surface area is 123 Å². The lowest BCUT2D eigenvalue weighted by Gasteiger charge is -2.28. The summed E-state index contributed by atoms with van der Waals surface area (Å²) in [7, 11) is 0. The van der Waals surface area contributed by atoms with Gasteiger partial charge in [0.2, 0.25) is 0 Å². The Bertz CT molecular complexity index is 578. The Kier molecular flexibility index (Phi) is 4.35. The van der Waals surface area contributed by atoms with Crippen molar-refractivity contribution in [3.05, 3.63) is 17.0 Å². The van der Waals surface area contributed by atoms with E-state index in [0.717, 1.165) is 0 Å². The molecule has 0 aliphatic heterocycles. The zero-order valence-electron chi connectivity index (χ0n) is 11.2. The fourth-order valence-corrected chi connectivity index (χ4v) is 2.34. The van der Waals surface area contributed by atoms with Crippen LogP contribution in [0.3, 0.4) is 0 Å². The van der Waals surface area contributed by atoms with E-state index < -0.39 is 61.8 Å². The monoisotopic (exact) mass is 354 g/mol. The molecule has 0 aromatic carbocycles. The highest BCUT2D eigenvalue weighted by molar-refractivity contribution is 5.35. The summed E-state index contributed by atoms with van der Waals surface area (Å²) in [6, 6.07) is 0. The van der Waals surface area contributed by atoms with Crippen LogP contribution < -0.4 is 0 Å². The van der Waals surface area contributed by atoms with Crippen molar-refractivity contribution in [1.29, 1.82) is 0 Å². The third kappa shape index (κ3) is 3.74. The smallest absolute Gasteiger partial charge is 0.382 e. The number of ether oxygens (including phenoxy) is 1. The van der Waals surface area contributed by atoms with Gasteiger partial charge in [-0.1, -0.05) is 0 Å². The highest BCUT2D eigenvalue weighted by atomic mass is 19.4. The molecule has 1 aliphatic rings. The average Bonchev–Trinajstić information content (AvgIpc) is 2.72.